The first-order valence-corrected chi connectivity index (χ1v) is 8.18. The Bertz CT molecular complexity index is 764. The monoisotopic (exact) mass is 326 g/mol. The average molecular weight is 326 g/mol. The number of aryl methyl sites for hydroxylation is 1. The Labute approximate surface area is 140 Å². The summed E-state index contributed by atoms with van der Waals surface area (Å²) in [5.74, 6) is 1.03. The van der Waals surface area contributed by atoms with Crippen LogP contribution < -0.4 is 4.90 Å². The third-order valence-corrected chi connectivity index (χ3v) is 4.90. The molecule has 1 aromatic carbocycles. The molecule has 3 heterocycles. The lowest BCUT2D eigenvalue weighted by Crippen LogP contribution is -2.32. The molecule has 1 aromatic heterocycles. The van der Waals surface area contributed by atoms with Crippen molar-refractivity contribution < 1.29 is 9.18 Å². The van der Waals surface area contributed by atoms with Crippen molar-refractivity contribution >= 4 is 11.7 Å². The van der Waals surface area contributed by atoms with E-state index >= 15 is 0 Å². The predicted molar refractivity (Wildman–Crippen MR) is 87.8 cm³/mol. The standard InChI is InChI=1S/C18H19FN4O/c1-12-5-6-17(21-20-12)22-9-14-10-23(18(24)16(14)11-22)8-13-3-2-4-15(19)7-13/h2-7,14,16H,8-11H2,1H3/t14-,16-/m1/s1. The summed E-state index contributed by atoms with van der Waals surface area (Å²) in [4.78, 5) is 16.7. The largest absolute Gasteiger partial charge is 0.354 e. The fourth-order valence-electron chi connectivity index (χ4n) is 3.69. The van der Waals surface area contributed by atoms with Gasteiger partial charge in [0.05, 0.1) is 11.6 Å². The highest BCUT2D eigenvalue weighted by Crippen LogP contribution is 2.34. The van der Waals surface area contributed by atoms with Gasteiger partial charge >= 0.3 is 0 Å². The number of amides is 1. The van der Waals surface area contributed by atoms with Crippen LogP contribution in [0.5, 0.6) is 0 Å². The molecule has 6 heteroatoms. The van der Waals surface area contributed by atoms with Crippen LogP contribution in [0.1, 0.15) is 11.3 Å². The maximum Gasteiger partial charge on any atom is 0.228 e. The second kappa shape index (κ2) is 5.85. The van der Waals surface area contributed by atoms with E-state index in [-0.39, 0.29) is 17.6 Å². The fraction of sp³-hybridized carbons (Fsp3) is 0.389. The number of aromatic nitrogens is 2. The van der Waals surface area contributed by atoms with Gasteiger partial charge in [0, 0.05) is 32.1 Å². The number of hydrogen-bond donors (Lipinski definition) is 0. The smallest absolute Gasteiger partial charge is 0.228 e. The van der Waals surface area contributed by atoms with Gasteiger partial charge in [-0.05, 0) is 36.8 Å². The minimum atomic E-state index is -0.261. The van der Waals surface area contributed by atoms with Gasteiger partial charge in [-0.2, -0.15) is 5.10 Å². The number of benzene rings is 1. The summed E-state index contributed by atoms with van der Waals surface area (Å²) in [7, 11) is 0. The van der Waals surface area contributed by atoms with Crippen LogP contribution in [0, 0.1) is 24.6 Å². The van der Waals surface area contributed by atoms with Gasteiger partial charge < -0.3 is 9.80 Å². The van der Waals surface area contributed by atoms with Crippen molar-refractivity contribution in [1.82, 2.24) is 15.1 Å². The van der Waals surface area contributed by atoms with E-state index < -0.39 is 0 Å². The van der Waals surface area contributed by atoms with Crippen molar-refractivity contribution in [2.45, 2.75) is 13.5 Å². The van der Waals surface area contributed by atoms with E-state index in [2.05, 4.69) is 15.1 Å². The summed E-state index contributed by atoms with van der Waals surface area (Å²) in [6.07, 6.45) is 0. The Kier molecular flexibility index (Phi) is 3.67. The number of rotatable bonds is 3. The van der Waals surface area contributed by atoms with Gasteiger partial charge in [0.2, 0.25) is 5.91 Å². The molecule has 2 saturated heterocycles. The molecule has 0 unspecified atom stereocenters. The number of likely N-dealkylation sites (tertiary alicyclic amines) is 1. The van der Waals surface area contributed by atoms with E-state index in [4.69, 9.17) is 0 Å². The number of halogens is 1. The summed E-state index contributed by atoms with van der Waals surface area (Å²) in [5.41, 5.74) is 1.72. The van der Waals surface area contributed by atoms with Gasteiger partial charge in [0.1, 0.15) is 5.82 Å². The van der Waals surface area contributed by atoms with Gasteiger partial charge in [-0.25, -0.2) is 4.39 Å². The number of carbonyl (C=O) groups excluding carboxylic acids is 1. The van der Waals surface area contributed by atoms with Crippen LogP contribution in [0.15, 0.2) is 36.4 Å². The minimum absolute atomic E-state index is 0.00154. The molecule has 2 aliphatic rings. The summed E-state index contributed by atoms with van der Waals surface area (Å²) in [6, 6.07) is 10.4. The van der Waals surface area contributed by atoms with Crippen LogP contribution in [0.2, 0.25) is 0 Å². The van der Waals surface area contributed by atoms with E-state index in [0.717, 1.165) is 30.2 Å². The van der Waals surface area contributed by atoms with E-state index in [1.165, 1.54) is 12.1 Å². The average Bonchev–Trinajstić information content (AvgIpc) is 3.09. The van der Waals surface area contributed by atoms with E-state index in [1.807, 2.05) is 30.0 Å². The second-order valence-electron chi connectivity index (χ2n) is 6.65. The molecule has 0 spiro atoms. The van der Waals surface area contributed by atoms with Crippen molar-refractivity contribution in [3.05, 3.63) is 53.5 Å². The molecule has 2 aliphatic heterocycles. The lowest BCUT2D eigenvalue weighted by atomic mass is 10.0. The lowest BCUT2D eigenvalue weighted by Gasteiger charge is -2.22. The first-order valence-electron chi connectivity index (χ1n) is 8.18. The molecule has 5 nitrogen and oxygen atoms in total. The highest BCUT2D eigenvalue weighted by atomic mass is 19.1. The quantitative estimate of drug-likeness (QED) is 0.866. The first kappa shape index (κ1) is 15.1. The zero-order valence-corrected chi connectivity index (χ0v) is 13.5. The first-order chi connectivity index (χ1) is 11.6. The Morgan fingerprint density at radius 2 is 2.04 bits per heavy atom. The van der Waals surface area contributed by atoms with Crippen molar-refractivity contribution in [1.29, 1.82) is 0 Å². The molecule has 2 atom stereocenters. The summed E-state index contributed by atoms with van der Waals surface area (Å²) >= 11 is 0. The molecule has 0 bridgehead atoms. The zero-order chi connectivity index (χ0) is 16.7. The Hall–Kier alpha value is -2.50. The van der Waals surface area contributed by atoms with Gasteiger partial charge in [0.15, 0.2) is 5.82 Å². The molecule has 0 N–H and O–H groups in total. The van der Waals surface area contributed by atoms with Crippen LogP contribution in [-0.4, -0.2) is 40.6 Å². The van der Waals surface area contributed by atoms with E-state index in [1.54, 1.807) is 6.07 Å². The molecule has 4 rings (SSSR count). The molecule has 24 heavy (non-hydrogen) atoms. The zero-order valence-electron chi connectivity index (χ0n) is 13.5. The van der Waals surface area contributed by atoms with Crippen molar-refractivity contribution in [3.63, 3.8) is 0 Å². The minimum Gasteiger partial charge on any atom is -0.354 e. The maximum atomic E-state index is 13.3. The Balaban J connectivity index is 1.44. The highest BCUT2D eigenvalue weighted by Gasteiger charge is 2.46. The van der Waals surface area contributed by atoms with Gasteiger partial charge in [-0.3, -0.25) is 4.79 Å². The van der Waals surface area contributed by atoms with E-state index in [9.17, 15) is 9.18 Å². The third kappa shape index (κ3) is 2.72. The number of anilines is 1. The molecule has 0 aliphatic carbocycles. The SMILES string of the molecule is Cc1ccc(N2C[C@@H]3CN(Cc4cccc(F)c4)C(=O)[C@@H]3C2)nn1. The number of nitrogens with zero attached hydrogens (tertiary/aromatic N) is 4. The second-order valence-corrected chi connectivity index (χ2v) is 6.65. The summed E-state index contributed by atoms with van der Waals surface area (Å²) in [5, 5.41) is 8.31. The highest BCUT2D eigenvalue weighted by molar-refractivity contribution is 5.83. The molecule has 0 saturated carbocycles. The van der Waals surface area contributed by atoms with Crippen LogP contribution in [0.4, 0.5) is 10.2 Å². The topological polar surface area (TPSA) is 49.3 Å². The van der Waals surface area contributed by atoms with Gasteiger partial charge in [-0.15, -0.1) is 5.10 Å². The molecule has 124 valence electrons. The molecule has 2 aromatic rings. The maximum absolute atomic E-state index is 13.3. The number of fused-ring (bicyclic) bond motifs is 1. The normalized spacial score (nSPS) is 23.0. The van der Waals surface area contributed by atoms with Gasteiger partial charge in [0.25, 0.3) is 0 Å². The van der Waals surface area contributed by atoms with E-state index in [0.29, 0.717) is 19.0 Å². The molecule has 2 fully saturated rings. The molecule has 1 amide bonds. The molecular weight excluding hydrogens is 307 g/mol. The van der Waals surface area contributed by atoms with Crippen LogP contribution >= 0.6 is 0 Å². The van der Waals surface area contributed by atoms with Gasteiger partial charge in [-0.1, -0.05) is 12.1 Å². The van der Waals surface area contributed by atoms with Crippen LogP contribution in [0.3, 0.4) is 0 Å². The fourth-order valence-corrected chi connectivity index (χ4v) is 3.69. The number of hydrogen-bond acceptors (Lipinski definition) is 4. The third-order valence-electron chi connectivity index (χ3n) is 4.90. The van der Waals surface area contributed by atoms with Crippen LogP contribution in [-0.2, 0) is 11.3 Å². The van der Waals surface area contributed by atoms with Crippen molar-refractivity contribution in [2.75, 3.05) is 24.5 Å². The van der Waals surface area contributed by atoms with Crippen LogP contribution in [0.25, 0.3) is 0 Å². The van der Waals surface area contributed by atoms with Crippen molar-refractivity contribution in [3.8, 4) is 0 Å². The van der Waals surface area contributed by atoms with Crippen molar-refractivity contribution in [2.24, 2.45) is 11.8 Å². The predicted octanol–water partition coefficient (Wildman–Crippen LogP) is 2.02. The lowest BCUT2D eigenvalue weighted by molar-refractivity contribution is -0.131. The summed E-state index contributed by atoms with van der Waals surface area (Å²) in [6.45, 7) is 4.60. The molecular formula is C18H19FN4O. The Morgan fingerprint density at radius 1 is 1.17 bits per heavy atom. The Morgan fingerprint density at radius 3 is 2.75 bits per heavy atom. The molecule has 0 radical (unpaired) electrons. The summed E-state index contributed by atoms with van der Waals surface area (Å²) < 4.78 is 13.3. The number of carbonyl (C=O) groups is 1.